The van der Waals surface area contributed by atoms with Crippen LogP contribution in [0.15, 0.2) is 60.8 Å². The Hall–Kier alpha value is -3.21. The fraction of sp³-hybridized carbons (Fsp3) is 0.190. The van der Waals surface area contributed by atoms with E-state index >= 15 is 0 Å². The van der Waals surface area contributed by atoms with Gasteiger partial charge in [0, 0.05) is 23.2 Å². The number of benzene rings is 2. The Morgan fingerprint density at radius 2 is 1.73 bits per heavy atom. The van der Waals surface area contributed by atoms with Gasteiger partial charge in [-0.3, -0.25) is 4.79 Å². The molecule has 0 radical (unpaired) electrons. The van der Waals surface area contributed by atoms with E-state index in [1.165, 1.54) is 0 Å². The number of nitrogens with two attached hydrogens (primary N) is 1. The predicted octanol–water partition coefficient (Wildman–Crippen LogP) is 4.38. The Kier molecular flexibility index (Phi) is 5.27. The molecule has 0 unspecified atom stereocenters. The van der Waals surface area contributed by atoms with Crippen molar-refractivity contribution >= 4 is 17.4 Å². The molecule has 1 heterocycles. The Morgan fingerprint density at radius 3 is 2.38 bits per heavy atom. The van der Waals surface area contributed by atoms with Gasteiger partial charge in [0.2, 0.25) is 5.91 Å². The second kappa shape index (κ2) is 7.78. The van der Waals surface area contributed by atoms with Gasteiger partial charge in [-0.15, -0.1) is 0 Å². The quantitative estimate of drug-likeness (QED) is 0.672. The summed E-state index contributed by atoms with van der Waals surface area (Å²) >= 11 is 0. The van der Waals surface area contributed by atoms with Crippen LogP contribution >= 0.6 is 0 Å². The van der Waals surface area contributed by atoms with Gasteiger partial charge in [0.25, 0.3) is 0 Å². The van der Waals surface area contributed by atoms with Crippen LogP contribution < -0.4 is 11.1 Å². The molecule has 0 aliphatic carbocycles. The average molecular weight is 346 g/mol. The molecule has 0 saturated heterocycles. The molecule has 3 N–H and O–H groups in total. The third-order valence-corrected chi connectivity index (χ3v) is 3.88. The number of carbonyl (C=O) groups excluding carboxylic acids is 1. The van der Waals surface area contributed by atoms with E-state index < -0.39 is 0 Å². The number of nitrogen functional groups attached to an aromatic ring is 1. The van der Waals surface area contributed by atoms with Gasteiger partial charge in [-0.2, -0.15) is 0 Å². The van der Waals surface area contributed by atoms with E-state index in [0.29, 0.717) is 23.6 Å². The van der Waals surface area contributed by atoms with E-state index in [0.717, 1.165) is 16.8 Å². The Morgan fingerprint density at radius 1 is 1.04 bits per heavy atom. The monoisotopic (exact) mass is 346 g/mol. The molecule has 1 amide bonds. The maximum Gasteiger partial charge on any atom is 0.225 e. The first kappa shape index (κ1) is 17.6. The largest absolute Gasteiger partial charge is 0.399 e. The lowest BCUT2D eigenvalue weighted by Crippen LogP contribution is -2.16. The summed E-state index contributed by atoms with van der Waals surface area (Å²) in [6.07, 6.45) is 2.11. The molecule has 0 bridgehead atoms. The molecule has 2 aromatic carbocycles. The van der Waals surface area contributed by atoms with E-state index in [1.807, 2.05) is 68.4 Å². The second-order valence-corrected chi connectivity index (χ2v) is 6.59. The van der Waals surface area contributed by atoms with Crippen molar-refractivity contribution in [3.8, 4) is 22.5 Å². The van der Waals surface area contributed by atoms with Crippen molar-refractivity contribution in [3.05, 3.63) is 60.8 Å². The van der Waals surface area contributed by atoms with Crippen molar-refractivity contribution in [2.45, 2.75) is 20.3 Å². The maximum absolute atomic E-state index is 12.2. The fourth-order valence-electron chi connectivity index (χ4n) is 2.62. The first-order chi connectivity index (χ1) is 12.5. The molecule has 132 valence electrons. The van der Waals surface area contributed by atoms with Crippen LogP contribution in [0, 0.1) is 5.92 Å². The lowest BCUT2D eigenvalue weighted by atomic mass is 10.1. The number of amides is 1. The lowest BCUT2D eigenvalue weighted by Gasteiger charge is -2.12. The van der Waals surface area contributed by atoms with E-state index in [1.54, 1.807) is 6.20 Å². The molecule has 3 rings (SSSR count). The normalized spacial score (nSPS) is 10.7. The maximum atomic E-state index is 12.2. The number of rotatable bonds is 5. The Balaban J connectivity index is 2.01. The molecule has 26 heavy (non-hydrogen) atoms. The van der Waals surface area contributed by atoms with Crippen molar-refractivity contribution in [3.63, 3.8) is 0 Å². The molecule has 0 spiro atoms. The number of aromatic nitrogens is 2. The van der Waals surface area contributed by atoms with E-state index in [9.17, 15) is 4.79 Å². The lowest BCUT2D eigenvalue weighted by molar-refractivity contribution is -0.116. The van der Waals surface area contributed by atoms with Gasteiger partial charge in [0.05, 0.1) is 11.9 Å². The van der Waals surface area contributed by atoms with E-state index in [-0.39, 0.29) is 11.8 Å². The summed E-state index contributed by atoms with van der Waals surface area (Å²) in [5, 5.41) is 2.90. The van der Waals surface area contributed by atoms with Gasteiger partial charge in [-0.25, -0.2) is 9.97 Å². The predicted molar refractivity (Wildman–Crippen MR) is 105 cm³/mol. The van der Waals surface area contributed by atoms with Crippen LogP contribution in [-0.4, -0.2) is 15.9 Å². The van der Waals surface area contributed by atoms with Gasteiger partial charge in [0.15, 0.2) is 5.82 Å². The van der Waals surface area contributed by atoms with Crippen LogP contribution in [-0.2, 0) is 4.79 Å². The summed E-state index contributed by atoms with van der Waals surface area (Å²) in [5.74, 6) is 0.685. The van der Waals surface area contributed by atoms with Crippen LogP contribution in [0.25, 0.3) is 22.5 Å². The second-order valence-electron chi connectivity index (χ2n) is 6.59. The van der Waals surface area contributed by atoms with Gasteiger partial charge < -0.3 is 11.1 Å². The summed E-state index contributed by atoms with van der Waals surface area (Å²) in [4.78, 5) is 21.4. The molecule has 3 aromatic rings. The zero-order valence-electron chi connectivity index (χ0n) is 14.9. The van der Waals surface area contributed by atoms with Crippen molar-refractivity contribution in [1.29, 1.82) is 0 Å². The Labute approximate surface area is 153 Å². The minimum absolute atomic E-state index is 0.0632. The highest BCUT2D eigenvalue weighted by Gasteiger charge is 2.14. The molecule has 5 nitrogen and oxygen atoms in total. The minimum atomic E-state index is -0.0632. The minimum Gasteiger partial charge on any atom is -0.399 e. The SMILES string of the molecule is CC(C)CC(=O)Nc1ncc(-c2ccc(N)cc2)nc1-c1ccccc1. The standard InChI is InChI=1S/C21H22N4O/c1-14(2)12-19(26)25-21-20(16-6-4-3-5-7-16)24-18(13-23-21)15-8-10-17(22)11-9-15/h3-11,13-14H,12,22H2,1-2H3,(H,23,25,26). The van der Waals surface area contributed by atoms with E-state index in [4.69, 9.17) is 10.7 Å². The molecule has 0 fully saturated rings. The summed E-state index contributed by atoms with van der Waals surface area (Å²) < 4.78 is 0. The van der Waals surface area contributed by atoms with Crippen LogP contribution in [0.4, 0.5) is 11.5 Å². The van der Waals surface area contributed by atoms with Gasteiger partial charge in [-0.05, 0) is 18.1 Å². The third-order valence-electron chi connectivity index (χ3n) is 3.88. The molecule has 0 atom stereocenters. The molecule has 5 heteroatoms. The van der Waals surface area contributed by atoms with Crippen LogP contribution in [0.1, 0.15) is 20.3 Å². The number of hydrogen-bond donors (Lipinski definition) is 2. The number of hydrogen-bond acceptors (Lipinski definition) is 4. The highest BCUT2D eigenvalue weighted by molar-refractivity contribution is 5.93. The summed E-state index contributed by atoms with van der Waals surface area (Å²) in [6.45, 7) is 4.02. The zero-order chi connectivity index (χ0) is 18.5. The highest BCUT2D eigenvalue weighted by Crippen LogP contribution is 2.28. The first-order valence-electron chi connectivity index (χ1n) is 8.61. The molecule has 0 aliphatic heterocycles. The Bertz CT molecular complexity index is 890. The fourth-order valence-corrected chi connectivity index (χ4v) is 2.62. The summed E-state index contributed by atoms with van der Waals surface area (Å²) in [6, 6.07) is 17.2. The first-order valence-corrected chi connectivity index (χ1v) is 8.61. The van der Waals surface area contributed by atoms with Crippen LogP contribution in [0.3, 0.4) is 0 Å². The number of nitrogens with one attached hydrogen (secondary N) is 1. The summed E-state index contributed by atoms with van der Waals surface area (Å²) in [5.41, 5.74) is 9.66. The average Bonchev–Trinajstić information content (AvgIpc) is 2.63. The van der Waals surface area contributed by atoms with Gasteiger partial charge in [-0.1, -0.05) is 56.3 Å². The molecular formula is C21H22N4O. The van der Waals surface area contributed by atoms with Gasteiger partial charge in [0.1, 0.15) is 5.69 Å². The molecule has 0 saturated carbocycles. The molecule has 0 aliphatic rings. The van der Waals surface area contributed by atoms with Gasteiger partial charge >= 0.3 is 0 Å². The smallest absolute Gasteiger partial charge is 0.225 e. The molecular weight excluding hydrogens is 324 g/mol. The van der Waals surface area contributed by atoms with Crippen molar-refractivity contribution in [1.82, 2.24) is 9.97 Å². The van der Waals surface area contributed by atoms with E-state index in [2.05, 4.69) is 10.3 Å². The zero-order valence-corrected chi connectivity index (χ0v) is 14.9. The number of carbonyl (C=O) groups is 1. The van der Waals surface area contributed by atoms with Crippen LogP contribution in [0.5, 0.6) is 0 Å². The number of anilines is 2. The summed E-state index contributed by atoms with van der Waals surface area (Å²) in [7, 11) is 0. The topological polar surface area (TPSA) is 80.9 Å². The number of nitrogens with zero attached hydrogens (tertiary/aromatic N) is 2. The van der Waals surface area contributed by atoms with Crippen molar-refractivity contribution < 1.29 is 4.79 Å². The van der Waals surface area contributed by atoms with Crippen molar-refractivity contribution in [2.75, 3.05) is 11.1 Å². The third kappa shape index (κ3) is 4.25. The molecule has 1 aromatic heterocycles. The van der Waals surface area contributed by atoms with Crippen molar-refractivity contribution in [2.24, 2.45) is 5.92 Å². The van der Waals surface area contributed by atoms with Crippen LogP contribution in [0.2, 0.25) is 0 Å². The highest BCUT2D eigenvalue weighted by atomic mass is 16.1.